The number of aliphatic hydroxyl groups is 1. The molecular weight excluding hydrogens is 230 g/mol. The van der Waals surface area contributed by atoms with Gasteiger partial charge < -0.3 is 9.84 Å². The van der Waals surface area contributed by atoms with Crippen LogP contribution in [0.1, 0.15) is 11.3 Å². The first-order valence-electron chi connectivity index (χ1n) is 5.43. The minimum Gasteiger partial charge on any atom is -0.436 e. The maximum Gasteiger partial charge on any atom is 0.256 e. The Labute approximate surface area is 104 Å². The molecule has 5 nitrogen and oxygen atoms in total. The van der Waals surface area contributed by atoms with Gasteiger partial charge in [0.2, 0.25) is 5.69 Å². The molecule has 2 rings (SSSR count). The Kier molecular flexibility index (Phi) is 3.84. The van der Waals surface area contributed by atoms with Crippen molar-refractivity contribution in [2.45, 2.75) is 6.42 Å². The number of hydrogen-bond acceptors (Lipinski definition) is 5. The van der Waals surface area contributed by atoms with Crippen molar-refractivity contribution in [3.8, 4) is 17.7 Å². The summed E-state index contributed by atoms with van der Waals surface area (Å²) in [7, 11) is 0. The molecule has 0 unspecified atom stereocenters. The van der Waals surface area contributed by atoms with Gasteiger partial charge in [0.15, 0.2) is 0 Å². The molecule has 1 aromatic carbocycles. The van der Waals surface area contributed by atoms with Gasteiger partial charge in [0.25, 0.3) is 5.88 Å². The van der Waals surface area contributed by atoms with E-state index in [0.29, 0.717) is 12.2 Å². The minimum atomic E-state index is 0.0337. The van der Waals surface area contributed by atoms with Crippen LogP contribution in [0.5, 0.6) is 11.6 Å². The molecule has 0 radical (unpaired) electrons. The number of ether oxygens (including phenoxy) is 1. The molecule has 0 aliphatic rings. The summed E-state index contributed by atoms with van der Waals surface area (Å²) in [6.45, 7) is 0.0337. The van der Waals surface area contributed by atoms with Gasteiger partial charge in [-0.05, 0) is 18.1 Å². The smallest absolute Gasteiger partial charge is 0.256 e. The molecule has 1 heterocycles. The normalized spacial score (nSPS) is 9.78. The lowest BCUT2D eigenvalue weighted by Gasteiger charge is -2.09. The zero-order valence-electron chi connectivity index (χ0n) is 9.58. The second kappa shape index (κ2) is 5.75. The van der Waals surface area contributed by atoms with Crippen LogP contribution in [-0.4, -0.2) is 21.7 Å². The van der Waals surface area contributed by atoms with Gasteiger partial charge in [0.1, 0.15) is 11.8 Å². The molecule has 0 spiro atoms. The highest BCUT2D eigenvalue weighted by molar-refractivity contribution is 5.39. The van der Waals surface area contributed by atoms with Crippen molar-refractivity contribution in [2.24, 2.45) is 0 Å². The summed E-state index contributed by atoms with van der Waals surface area (Å²) in [6, 6.07) is 9.22. The quantitative estimate of drug-likeness (QED) is 0.880. The highest BCUT2D eigenvalue weighted by Gasteiger charge is 2.09. The van der Waals surface area contributed by atoms with Crippen LogP contribution in [0.25, 0.3) is 0 Å². The summed E-state index contributed by atoms with van der Waals surface area (Å²) >= 11 is 0. The van der Waals surface area contributed by atoms with Gasteiger partial charge in [-0.2, -0.15) is 5.26 Å². The van der Waals surface area contributed by atoms with E-state index in [-0.39, 0.29) is 18.2 Å². The van der Waals surface area contributed by atoms with Crippen LogP contribution in [0.3, 0.4) is 0 Å². The van der Waals surface area contributed by atoms with E-state index in [2.05, 4.69) is 9.97 Å². The summed E-state index contributed by atoms with van der Waals surface area (Å²) in [4.78, 5) is 7.85. The minimum absolute atomic E-state index is 0.0337. The lowest BCUT2D eigenvalue weighted by Crippen LogP contribution is -1.98. The fraction of sp³-hybridized carbons (Fsp3) is 0.154. The molecule has 0 aliphatic heterocycles. The Hall–Kier alpha value is -2.45. The van der Waals surface area contributed by atoms with Crippen LogP contribution in [0.2, 0.25) is 0 Å². The number of nitrogens with zero attached hydrogens (tertiary/aromatic N) is 3. The van der Waals surface area contributed by atoms with Gasteiger partial charge in [-0.1, -0.05) is 18.2 Å². The Morgan fingerprint density at radius 3 is 2.78 bits per heavy atom. The molecule has 90 valence electrons. The third-order valence-corrected chi connectivity index (χ3v) is 2.33. The van der Waals surface area contributed by atoms with Crippen molar-refractivity contribution in [1.29, 1.82) is 5.26 Å². The maximum absolute atomic E-state index is 8.98. The summed E-state index contributed by atoms with van der Waals surface area (Å²) in [5, 5.41) is 17.9. The monoisotopic (exact) mass is 241 g/mol. The third kappa shape index (κ3) is 2.62. The lowest BCUT2D eigenvalue weighted by atomic mass is 10.1. The molecule has 0 saturated carbocycles. The van der Waals surface area contributed by atoms with Crippen LogP contribution in [0.4, 0.5) is 0 Å². The van der Waals surface area contributed by atoms with Crippen molar-refractivity contribution in [3.05, 3.63) is 47.9 Å². The summed E-state index contributed by atoms with van der Waals surface area (Å²) in [5.74, 6) is 0.744. The van der Waals surface area contributed by atoms with Crippen molar-refractivity contribution in [2.75, 3.05) is 6.61 Å². The molecule has 0 bridgehead atoms. The van der Waals surface area contributed by atoms with E-state index in [9.17, 15) is 0 Å². The van der Waals surface area contributed by atoms with E-state index >= 15 is 0 Å². The zero-order chi connectivity index (χ0) is 12.8. The number of nitriles is 1. The van der Waals surface area contributed by atoms with Gasteiger partial charge in [-0.25, -0.2) is 9.97 Å². The first kappa shape index (κ1) is 12.0. The molecule has 1 aromatic heterocycles. The second-order valence-corrected chi connectivity index (χ2v) is 3.51. The SMILES string of the molecule is N#Cc1nccnc1Oc1ccccc1CCO. The van der Waals surface area contributed by atoms with E-state index in [1.165, 1.54) is 12.4 Å². The molecule has 0 saturated heterocycles. The summed E-state index contributed by atoms with van der Waals surface area (Å²) in [6.07, 6.45) is 3.38. The Bertz CT molecular complexity index is 578. The first-order valence-corrected chi connectivity index (χ1v) is 5.43. The van der Waals surface area contributed by atoms with Gasteiger partial charge >= 0.3 is 0 Å². The van der Waals surface area contributed by atoms with E-state index in [4.69, 9.17) is 15.1 Å². The van der Waals surface area contributed by atoms with Crippen LogP contribution in [0, 0.1) is 11.3 Å². The zero-order valence-corrected chi connectivity index (χ0v) is 9.58. The molecule has 2 aromatic rings. The van der Waals surface area contributed by atoms with E-state index in [0.717, 1.165) is 5.56 Å². The highest BCUT2D eigenvalue weighted by atomic mass is 16.5. The lowest BCUT2D eigenvalue weighted by molar-refractivity contribution is 0.297. The molecule has 0 amide bonds. The van der Waals surface area contributed by atoms with Crippen molar-refractivity contribution < 1.29 is 9.84 Å². The highest BCUT2D eigenvalue weighted by Crippen LogP contribution is 2.25. The van der Waals surface area contributed by atoms with E-state index in [1.54, 1.807) is 6.07 Å². The molecule has 0 fully saturated rings. The van der Waals surface area contributed by atoms with Gasteiger partial charge in [0, 0.05) is 19.0 Å². The maximum atomic E-state index is 8.98. The first-order chi connectivity index (χ1) is 8.85. The molecule has 0 atom stereocenters. The van der Waals surface area contributed by atoms with Crippen LogP contribution >= 0.6 is 0 Å². The summed E-state index contributed by atoms with van der Waals surface area (Å²) in [5.41, 5.74) is 0.992. The topological polar surface area (TPSA) is 79.0 Å². The van der Waals surface area contributed by atoms with Gasteiger partial charge in [0.05, 0.1) is 0 Å². The number of benzene rings is 1. The van der Waals surface area contributed by atoms with Crippen LogP contribution in [0.15, 0.2) is 36.7 Å². The van der Waals surface area contributed by atoms with Crippen LogP contribution in [-0.2, 0) is 6.42 Å². The van der Waals surface area contributed by atoms with Crippen LogP contribution < -0.4 is 4.74 Å². The molecule has 0 aliphatic carbocycles. The standard InChI is InChI=1S/C13H11N3O2/c14-9-11-13(16-7-6-15-11)18-12-4-2-1-3-10(12)5-8-17/h1-4,6-7,17H,5,8H2. The summed E-state index contributed by atoms with van der Waals surface area (Å²) < 4.78 is 5.58. The number of aliphatic hydroxyl groups excluding tert-OH is 1. The fourth-order valence-electron chi connectivity index (χ4n) is 1.51. The van der Waals surface area contributed by atoms with Gasteiger partial charge in [-0.3, -0.25) is 0 Å². The van der Waals surface area contributed by atoms with Crippen molar-refractivity contribution >= 4 is 0 Å². The Morgan fingerprint density at radius 1 is 1.22 bits per heavy atom. The largest absolute Gasteiger partial charge is 0.436 e. The number of hydrogen-bond donors (Lipinski definition) is 1. The van der Waals surface area contributed by atoms with Gasteiger partial charge in [-0.15, -0.1) is 0 Å². The number of rotatable bonds is 4. The molecule has 1 N–H and O–H groups in total. The van der Waals surface area contributed by atoms with Crippen molar-refractivity contribution in [3.63, 3.8) is 0 Å². The number of aromatic nitrogens is 2. The predicted molar refractivity (Wildman–Crippen MR) is 64.1 cm³/mol. The third-order valence-electron chi connectivity index (χ3n) is 2.33. The average Bonchev–Trinajstić information content (AvgIpc) is 2.42. The fourth-order valence-corrected chi connectivity index (χ4v) is 1.51. The van der Waals surface area contributed by atoms with E-state index < -0.39 is 0 Å². The van der Waals surface area contributed by atoms with Crippen molar-refractivity contribution in [1.82, 2.24) is 9.97 Å². The second-order valence-electron chi connectivity index (χ2n) is 3.51. The molecular formula is C13H11N3O2. The Balaban J connectivity index is 2.31. The van der Waals surface area contributed by atoms with E-state index in [1.807, 2.05) is 24.3 Å². The molecule has 5 heteroatoms. The predicted octanol–water partition coefficient (Wildman–Crippen LogP) is 1.68. The molecule has 18 heavy (non-hydrogen) atoms. The Morgan fingerprint density at radius 2 is 2.00 bits per heavy atom. The average molecular weight is 241 g/mol. The number of para-hydroxylation sites is 1.